The first kappa shape index (κ1) is 13.5. The van der Waals surface area contributed by atoms with Gasteiger partial charge >= 0.3 is 5.97 Å². The normalized spacial score (nSPS) is 10.6. The summed E-state index contributed by atoms with van der Waals surface area (Å²) in [5, 5.41) is 0. The van der Waals surface area contributed by atoms with Crippen LogP contribution in [0.15, 0.2) is 0 Å². The Labute approximate surface area is 88.0 Å². The van der Waals surface area contributed by atoms with E-state index in [4.69, 9.17) is 4.74 Å². The molecule has 0 spiro atoms. The third kappa shape index (κ3) is 8.09. The highest BCUT2D eigenvalue weighted by atomic mass is 16.5. The minimum absolute atomic E-state index is 0.160. The van der Waals surface area contributed by atoms with Crippen molar-refractivity contribution in [3.8, 4) is 0 Å². The molecule has 0 aliphatic carbocycles. The molecule has 0 bridgehead atoms. The summed E-state index contributed by atoms with van der Waals surface area (Å²) < 4.78 is 4.91. The first-order valence-corrected chi connectivity index (χ1v) is 5.84. The second-order valence-corrected chi connectivity index (χ2v) is 3.93. The molecule has 0 amide bonds. The van der Waals surface area contributed by atoms with Crippen LogP contribution in [0.25, 0.3) is 0 Å². The number of rotatable bonds is 8. The van der Waals surface area contributed by atoms with Gasteiger partial charge in [0.25, 0.3) is 0 Å². The van der Waals surface area contributed by atoms with Crippen molar-refractivity contribution >= 4 is 5.97 Å². The highest BCUT2D eigenvalue weighted by Gasteiger charge is 2.06. The summed E-state index contributed by atoms with van der Waals surface area (Å²) in [4.78, 5) is 10.5. The highest BCUT2D eigenvalue weighted by molar-refractivity contribution is 5.65. The van der Waals surface area contributed by atoms with Crippen LogP contribution in [0.2, 0.25) is 0 Å². The number of carbonyl (C=O) groups excluding carboxylic acids is 1. The molecule has 0 aromatic carbocycles. The van der Waals surface area contributed by atoms with E-state index < -0.39 is 0 Å². The maximum atomic E-state index is 10.5. The summed E-state index contributed by atoms with van der Waals surface area (Å²) in [5.74, 6) is 0.674. The molecule has 0 radical (unpaired) electrons. The smallest absolute Gasteiger partial charge is 0.302 e. The molecule has 0 saturated heterocycles. The minimum atomic E-state index is -0.160. The van der Waals surface area contributed by atoms with Crippen LogP contribution >= 0.6 is 0 Å². The highest BCUT2D eigenvalue weighted by Crippen LogP contribution is 2.19. The van der Waals surface area contributed by atoms with Gasteiger partial charge in [-0.3, -0.25) is 4.79 Å². The fourth-order valence-electron chi connectivity index (χ4n) is 1.84. The van der Waals surface area contributed by atoms with Gasteiger partial charge in [-0.15, -0.1) is 0 Å². The second kappa shape index (κ2) is 9.04. The van der Waals surface area contributed by atoms with Gasteiger partial charge in [0.15, 0.2) is 0 Å². The molecular weight excluding hydrogens is 176 g/mol. The van der Waals surface area contributed by atoms with E-state index in [1.165, 1.54) is 39.0 Å². The molecule has 0 rings (SSSR count). The van der Waals surface area contributed by atoms with Crippen molar-refractivity contribution in [2.45, 2.75) is 59.3 Å². The molecule has 0 aliphatic heterocycles. The van der Waals surface area contributed by atoms with E-state index in [2.05, 4.69) is 13.8 Å². The number of esters is 1. The Morgan fingerprint density at radius 2 is 1.71 bits per heavy atom. The van der Waals surface area contributed by atoms with Crippen molar-refractivity contribution in [3.05, 3.63) is 0 Å². The molecule has 0 aromatic heterocycles. The Morgan fingerprint density at radius 3 is 2.14 bits per heavy atom. The number of hydrogen-bond donors (Lipinski definition) is 0. The average molecular weight is 200 g/mol. The first-order valence-electron chi connectivity index (χ1n) is 5.84. The van der Waals surface area contributed by atoms with Crippen molar-refractivity contribution in [2.24, 2.45) is 5.92 Å². The molecule has 0 saturated carbocycles. The van der Waals surface area contributed by atoms with E-state index in [1.54, 1.807) is 0 Å². The molecule has 14 heavy (non-hydrogen) atoms. The van der Waals surface area contributed by atoms with E-state index in [9.17, 15) is 4.79 Å². The summed E-state index contributed by atoms with van der Waals surface area (Å²) in [6.45, 7) is 6.53. The van der Waals surface area contributed by atoms with Crippen molar-refractivity contribution in [3.63, 3.8) is 0 Å². The summed E-state index contributed by atoms with van der Waals surface area (Å²) in [6.07, 6.45) is 7.37. The molecule has 0 heterocycles. The lowest BCUT2D eigenvalue weighted by Crippen LogP contribution is -2.05. The average Bonchev–Trinajstić information content (AvgIpc) is 2.12. The summed E-state index contributed by atoms with van der Waals surface area (Å²) in [5.41, 5.74) is 0. The Kier molecular flexibility index (Phi) is 8.70. The molecule has 0 fully saturated rings. The minimum Gasteiger partial charge on any atom is -0.466 e. The molecule has 0 aromatic rings. The molecule has 0 unspecified atom stereocenters. The van der Waals surface area contributed by atoms with Crippen LogP contribution in [-0.4, -0.2) is 12.6 Å². The van der Waals surface area contributed by atoms with E-state index >= 15 is 0 Å². The molecule has 84 valence electrons. The molecule has 2 heteroatoms. The summed E-state index contributed by atoms with van der Waals surface area (Å²) in [6, 6.07) is 0. The number of hydrogen-bond acceptors (Lipinski definition) is 2. The van der Waals surface area contributed by atoms with Crippen LogP contribution in [0.3, 0.4) is 0 Å². The fourth-order valence-corrected chi connectivity index (χ4v) is 1.84. The predicted octanol–water partition coefficient (Wildman–Crippen LogP) is 3.55. The van der Waals surface area contributed by atoms with Crippen molar-refractivity contribution in [1.29, 1.82) is 0 Å². The SMILES string of the molecule is CCCC(CCC)CCCOC(C)=O. The van der Waals surface area contributed by atoms with Crippen molar-refractivity contribution in [1.82, 2.24) is 0 Å². The third-order valence-electron chi connectivity index (χ3n) is 2.46. The van der Waals surface area contributed by atoms with Gasteiger partial charge in [0, 0.05) is 6.92 Å². The van der Waals surface area contributed by atoms with Crippen LogP contribution in [0.4, 0.5) is 0 Å². The van der Waals surface area contributed by atoms with Gasteiger partial charge in [0.05, 0.1) is 6.61 Å². The summed E-state index contributed by atoms with van der Waals surface area (Å²) in [7, 11) is 0. The third-order valence-corrected chi connectivity index (χ3v) is 2.46. The van der Waals surface area contributed by atoms with E-state index in [0.717, 1.165) is 12.3 Å². The number of carbonyl (C=O) groups is 1. The van der Waals surface area contributed by atoms with Crippen molar-refractivity contribution in [2.75, 3.05) is 6.61 Å². The van der Waals surface area contributed by atoms with E-state index in [-0.39, 0.29) is 5.97 Å². The van der Waals surface area contributed by atoms with Crippen LogP contribution < -0.4 is 0 Å². The maximum Gasteiger partial charge on any atom is 0.302 e. The fraction of sp³-hybridized carbons (Fsp3) is 0.917. The zero-order valence-corrected chi connectivity index (χ0v) is 9.84. The Bertz CT molecular complexity index is 137. The second-order valence-electron chi connectivity index (χ2n) is 3.93. The Morgan fingerprint density at radius 1 is 1.14 bits per heavy atom. The van der Waals surface area contributed by atoms with E-state index in [0.29, 0.717) is 6.61 Å². The lowest BCUT2D eigenvalue weighted by Gasteiger charge is -2.14. The van der Waals surface area contributed by atoms with Gasteiger partial charge < -0.3 is 4.74 Å². The first-order chi connectivity index (χ1) is 6.70. The zero-order valence-electron chi connectivity index (χ0n) is 9.84. The van der Waals surface area contributed by atoms with Gasteiger partial charge in [-0.25, -0.2) is 0 Å². The number of ether oxygens (including phenoxy) is 1. The van der Waals surface area contributed by atoms with Gasteiger partial charge in [-0.1, -0.05) is 39.5 Å². The standard InChI is InChI=1S/C12H24O2/c1-4-7-12(8-5-2)9-6-10-14-11(3)13/h12H,4-10H2,1-3H3. The van der Waals surface area contributed by atoms with Crippen LogP contribution in [0.5, 0.6) is 0 Å². The molecule has 0 aliphatic rings. The topological polar surface area (TPSA) is 26.3 Å². The lowest BCUT2D eigenvalue weighted by molar-refractivity contribution is -0.141. The van der Waals surface area contributed by atoms with Crippen LogP contribution in [0.1, 0.15) is 59.3 Å². The van der Waals surface area contributed by atoms with E-state index in [1.807, 2.05) is 0 Å². The monoisotopic (exact) mass is 200 g/mol. The Balaban J connectivity index is 3.44. The summed E-state index contributed by atoms with van der Waals surface area (Å²) >= 11 is 0. The van der Waals surface area contributed by atoms with Crippen LogP contribution in [0, 0.1) is 5.92 Å². The molecule has 2 nitrogen and oxygen atoms in total. The van der Waals surface area contributed by atoms with Gasteiger partial charge in [0.2, 0.25) is 0 Å². The largest absolute Gasteiger partial charge is 0.466 e. The molecule has 0 atom stereocenters. The van der Waals surface area contributed by atoms with Crippen molar-refractivity contribution < 1.29 is 9.53 Å². The van der Waals surface area contributed by atoms with Gasteiger partial charge in [-0.2, -0.15) is 0 Å². The lowest BCUT2D eigenvalue weighted by atomic mass is 9.93. The van der Waals surface area contributed by atoms with Gasteiger partial charge in [-0.05, 0) is 18.8 Å². The predicted molar refractivity (Wildman–Crippen MR) is 59.2 cm³/mol. The maximum absolute atomic E-state index is 10.5. The molecular formula is C12H24O2. The quantitative estimate of drug-likeness (QED) is 0.442. The van der Waals surface area contributed by atoms with Crippen LogP contribution in [-0.2, 0) is 9.53 Å². The van der Waals surface area contributed by atoms with Gasteiger partial charge in [0.1, 0.15) is 0 Å². The zero-order chi connectivity index (χ0) is 10.8. The molecule has 0 N–H and O–H groups in total. The Hall–Kier alpha value is -0.530.